The van der Waals surface area contributed by atoms with Crippen LogP contribution in [0.25, 0.3) is 11.1 Å². The Kier molecular flexibility index (Phi) is 6.05. The van der Waals surface area contributed by atoms with Crippen molar-refractivity contribution >= 4 is 18.5 Å². The molecule has 2 aliphatic carbocycles. The van der Waals surface area contributed by atoms with Gasteiger partial charge in [-0.3, -0.25) is 0 Å². The average molecular weight is 491 g/mol. The van der Waals surface area contributed by atoms with Crippen molar-refractivity contribution in [2.45, 2.75) is 33.1 Å². The maximum Gasteiger partial charge on any atom is 0.407 e. The number of likely N-dealkylation sites (tertiary alicyclic amines) is 1. The third kappa shape index (κ3) is 4.04. The maximum atomic E-state index is 12.6. The van der Waals surface area contributed by atoms with Crippen molar-refractivity contribution < 1.29 is 24.2 Å². The summed E-state index contributed by atoms with van der Waals surface area (Å²) in [6.45, 7) is 7.93. The molecule has 2 N–H and O–H groups in total. The van der Waals surface area contributed by atoms with Crippen LogP contribution in [0.5, 0.6) is 0 Å². The van der Waals surface area contributed by atoms with Crippen LogP contribution < -0.4 is 5.32 Å². The molecule has 1 saturated carbocycles. The van der Waals surface area contributed by atoms with E-state index in [4.69, 9.17) is 4.74 Å². The normalized spacial score (nSPS) is 22.6. The Labute approximate surface area is 211 Å². The molecule has 2 aromatic carbocycles. The minimum absolute atomic E-state index is 0.0161. The van der Waals surface area contributed by atoms with Crippen LogP contribution in [0.15, 0.2) is 48.5 Å². The lowest BCUT2D eigenvalue weighted by Crippen LogP contribution is -2.72. The van der Waals surface area contributed by atoms with Gasteiger partial charge < -0.3 is 24.9 Å². The first-order chi connectivity index (χ1) is 17.1. The molecule has 1 heterocycles. The number of carbonyl (C=O) groups is 3. The average Bonchev–Trinajstić information content (AvgIpc) is 3.10. The predicted octanol–water partition coefficient (Wildman–Crippen LogP) is 5.00. The molecule has 36 heavy (non-hydrogen) atoms. The number of nitrogens with zero attached hydrogens (tertiary/aromatic N) is 1. The number of amides is 2. The summed E-state index contributed by atoms with van der Waals surface area (Å²) in [5.74, 6) is -0.0377. The summed E-state index contributed by atoms with van der Waals surface area (Å²) in [4.78, 5) is 37.5. The van der Waals surface area contributed by atoms with E-state index in [1.807, 2.05) is 24.3 Å². The van der Waals surface area contributed by atoms with Gasteiger partial charge in [-0.05, 0) is 45.9 Å². The fourth-order valence-corrected chi connectivity index (χ4v) is 7.29. The van der Waals surface area contributed by atoms with Crippen molar-refractivity contribution in [3.63, 3.8) is 0 Å². The number of carbonyl (C=O) groups excluding carboxylic acids is 2. The topological polar surface area (TPSA) is 95.9 Å². The van der Waals surface area contributed by atoms with Crippen molar-refractivity contribution in [1.82, 2.24) is 10.2 Å². The lowest BCUT2D eigenvalue weighted by molar-refractivity contribution is -0.194. The van der Waals surface area contributed by atoms with Gasteiger partial charge in [-0.15, -0.1) is 0 Å². The lowest BCUT2D eigenvalue weighted by Gasteiger charge is -2.68. The molecule has 1 saturated heterocycles. The molecule has 2 fully saturated rings. The van der Waals surface area contributed by atoms with E-state index in [9.17, 15) is 19.5 Å². The van der Waals surface area contributed by atoms with Crippen LogP contribution in [0, 0.1) is 28.6 Å². The van der Waals surface area contributed by atoms with E-state index in [0.717, 1.165) is 23.8 Å². The van der Waals surface area contributed by atoms with Gasteiger partial charge in [0.2, 0.25) is 0 Å². The van der Waals surface area contributed by atoms with Crippen LogP contribution in [0.3, 0.4) is 0 Å². The van der Waals surface area contributed by atoms with E-state index < -0.39 is 12.2 Å². The van der Waals surface area contributed by atoms with Crippen molar-refractivity contribution in [3.8, 4) is 11.1 Å². The minimum Gasteiger partial charge on any atom is -0.465 e. The highest BCUT2D eigenvalue weighted by atomic mass is 16.5. The Morgan fingerprint density at radius 1 is 1.11 bits per heavy atom. The summed E-state index contributed by atoms with van der Waals surface area (Å²) in [7, 11) is 0. The summed E-state index contributed by atoms with van der Waals surface area (Å²) in [6.07, 6.45) is 0.327. The predicted molar refractivity (Wildman–Crippen MR) is 136 cm³/mol. The Balaban J connectivity index is 1.19. The number of hydrogen-bond donors (Lipinski definition) is 2. The fourth-order valence-electron chi connectivity index (χ4n) is 7.29. The number of nitrogens with one attached hydrogen (secondary N) is 1. The molecule has 3 atom stereocenters. The van der Waals surface area contributed by atoms with E-state index >= 15 is 0 Å². The van der Waals surface area contributed by atoms with Gasteiger partial charge >= 0.3 is 12.2 Å². The van der Waals surface area contributed by atoms with Crippen molar-refractivity contribution in [1.29, 1.82) is 0 Å². The second kappa shape index (κ2) is 8.95. The zero-order valence-electron chi connectivity index (χ0n) is 21.1. The van der Waals surface area contributed by atoms with E-state index in [2.05, 4.69) is 50.4 Å². The first kappa shape index (κ1) is 24.3. The molecular weight excluding hydrogens is 456 g/mol. The molecule has 2 aromatic rings. The zero-order chi connectivity index (χ0) is 25.7. The summed E-state index contributed by atoms with van der Waals surface area (Å²) in [6, 6.07) is 16.4. The van der Waals surface area contributed by atoms with Crippen LogP contribution in [-0.4, -0.2) is 54.7 Å². The molecule has 5 rings (SSSR count). The highest BCUT2D eigenvalue weighted by Crippen LogP contribution is 2.64. The Morgan fingerprint density at radius 3 is 2.22 bits per heavy atom. The molecule has 1 aliphatic heterocycles. The van der Waals surface area contributed by atoms with Gasteiger partial charge in [-0.25, -0.2) is 9.59 Å². The smallest absolute Gasteiger partial charge is 0.407 e. The number of aldehydes is 1. The van der Waals surface area contributed by atoms with Gasteiger partial charge in [-0.1, -0.05) is 69.3 Å². The summed E-state index contributed by atoms with van der Waals surface area (Å²) in [5.41, 5.74) is 4.52. The van der Waals surface area contributed by atoms with Gasteiger partial charge in [-0.2, -0.15) is 0 Å². The molecule has 1 spiro atoms. The molecule has 0 bridgehead atoms. The van der Waals surface area contributed by atoms with Crippen molar-refractivity contribution in [2.24, 2.45) is 28.6 Å². The SMILES string of the molecule is CC(C)(C)C1C(C(C=O)CNC(=O)OCC2c3ccccc3-c3ccccc32)CC12CN(C(=O)O)C2. The van der Waals surface area contributed by atoms with Crippen LogP contribution in [0.4, 0.5) is 9.59 Å². The highest BCUT2D eigenvalue weighted by Gasteiger charge is 2.65. The Bertz CT molecular complexity index is 1130. The summed E-state index contributed by atoms with van der Waals surface area (Å²) < 4.78 is 5.64. The third-order valence-corrected chi connectivity index (χ3v) is 8.50. The van der Waals surface area contributed by atoms with Crippen LogP contribution in [0.2, 0.25) is 0 Å². The number of fused-ring (bicyclic) bond motifs is 3. The quantitative estimate of drug-likeness (QED) is 0.556. The van der Waals surface area contributed by atoms with Crippen LogP contribution in [0.1, 0.15) is 44.2 Å². The number of rotatable bonds is 6. The molecule has 0 aromatic heterocycles. The van der Waals surface area contributed by atoms with E-state index in [1.54, 1.807) is 0 Å². The van der Waals surface area contributed by atoms with Crippen molar-refractivity contribution in [3.05, 3.63) is 59.7 Å². The number of alkyl carbamates (subject to hydrolysis) is 1. The molecule has 0 radical (unpaired) electrons. The maximum absolute atomic E-state index is 12.6. The van der Waals surface area contributed by atoms with Gasteiger partial charge in [0.15, 0.2) is 0 Å². The molecule has 3 unspecified atom stereocenters. The monoisotopic (exact) mass is 490 g/mol. The summed E-state index contributed by atoms with van der Waals surface area (Å²) >= 11 is 0. The third-order valence-electron chi connectivity index (χ3n) is 8.50. The van der Waals surface area contributed by atoms with Gasteiger partial charge in [0, 0.05) is 36.9 Å². The highest BCUT2D eigenvalue weighted by molar-refractivity contribution is 5.79. The standard InChI is InChI=1S/C29H34N2O5/c1-28(2,3)25-23(12-29(25)16-31(17-29)27(34)35)18(14-32)13-30-26(33)36-15-24-21-10-6-4-8-19(21)20-9-5-7-11-22(20)24/h4-11,14,18,23-25H,12-13,15-17H2,1-3H3,(H,30,33)(H,34,35). The van der Waals surface area contributed by atoms with E-state index in [0.29, 0.717) is 13.1 Å². The number of carboxylic acid groups (broad SMARTS) is 1. The molecule has 2 amide bonds. The fraction of sp³-hybridized carbons (Fsp3) is 0.483. The van der Waals surface area contributed by atoms with Crippen LogP contribution in [-0.2, 0) is 9.53 Å². The van der Waals surface area contributed by atoms with Crippen molar-refractivity contribution in [2.75, 3.05) is 26.2 Å². The van der Waals surface area contributed by atoms with Gasteiger partial charge in [0.1, 0.15) is 12.9 Å². The van der Waals surface area contributed by atoms with Gasteiger partial charge in [0.25, 0.3) is 0 Å². The second-order valence-corrected chi connectivity index (χ2v) is 11.7. The first-order valence-electron chi connectivity index (χ1n) is 12.7. The number of ether oxygens (including phenoxy) is 1. The van der Waals surface area contributed by atoms with Gasteiger partial charge in [0.05, 0.1) is 0 Å². The summed E-state index contributed by atoms with van der Waals surface area (Å²) in [5, 5.41) is 12.1. The number of benzene rings is 2. The molecular formula is C29H34N2O5. The van der Waals surface area contributed by atoms with Crippen LogP contribution >= 0.6 is 0 Å². The molecule has 7 nitrogen and oxygen atoms in total. The number of hydrogen-bond acceptors (Lipinski definition) is 4. The minimum atomic E-state index is -0.888. The Hall–Kier alpha value is -3.35. The molecule has 3 aliphatic rings. The Morgan fingerprint density at radius 2 is 1.69 bits per heavy atom. The second-order valence-electron chi connectivity index (χ2n) is 11.7. The first-order valence-corrected chi connectivity index (χ1v) is 12.7. The van der Waals surface area contributed by atoms with E-state index in [1.165, 1.54) is 16.0 Å². The van der Waals surface area contributed by atoms with E-state index in [-0.39, 0.29) is 47.7 Å². The largest absolute Gasteiger partial charge is 0.465 e. The molecule has 190 valence electrons. The zero-order valence-corrected chi connectivity index (χ0v) is 21.1. The molecule has 7 heteroatoms. The lowest BCUT2D eigenvalue weighted by atomic mass is 9.42.